The molecular formula is C26H56O. The predicted molar refractivity (Wildman–Crippen MR) is 126 cm³/mol. The van der Waals surface area contributed by atoms with E-state index in [0.717, 1.165) is 0 Å². The third-order valence-corrected chi connectivity index (χ3v) is 5.96. The summed E-state index contributed by atoms with van der Waals surface area (Å²) in [5.74, 6) is 0. The molecular weight excluding hydrogens is 328 g/mol. The van der Waals surface area contributed by atoms with Gasteiger partial charge in [0.05, 0.1) is 0 Å². The molecule has 0 rings (SSSR count). The Morgan fingerprint density at radius 3 is 0.444 bits per heavy atom. The van der Waals surface area contributed by atoms with Gasteiger partial charge in [-0.15, -0.1) is 0 Å². The van der Waals surface area contributed by atoms with Crippen LogP contribution in [0.25, 0.3) is 0 Å². The van der Waals surface area contributed by atoms with Gasteiger partial charge >= 0.3 is 0 Å². The summed E-state index contributed by atoms with van der Waals surface area (Å²) in [4.78, 5) is 0. The van der Waals surface area contributed by atoms with Gasteiger partial charge < -0.3 is 5.48 Å². The normalized spacial score (nSPS) is 10.9. The zero-order chi connectivity index (χ0) is 19.0. The van der Waals surface area contributed by atoms with E-state index in [2.05, 4.69) is 13.8 Å². The molecule has 0 aliphatic carbocycles. The molecule has 0 fully saturated rings. The van der Waals surface area contributed by atoms with Crippen molar-refractivity contribution >= 4 is 0 Å². The Morgan fingerprint density at radius 2 is 0.333 bits per heavy atom. The number of unbranched alkanes of at least 4 members (excludes halogenated alkanes) is 23. The van der Waals surface area contributed by atoms with E-state index in [9.17, 15) is 0 Å². The van der Waals surface area contributed by atoms with Crippen LogP contribution in [-0.4, -0.2) is 5.48 Å². The van der Waals surface area contributed by atoms with Crippen molar-refractivity contribution in [2.45, 2.75) is 168 Å². The van der Waals surface area contributed by atoms with Gasteiger partial charge in [-0.25, -0.2) is 0 Å². The van der Waals surface area contributed by atoms with Crippen molar-refractivity contribution in [3.63, 3.8) is 0 Å². The second kappa shape index (κ2) is 28.2. The van der Waals surface area contributed by atoms with E-state index >= 15 is 0 Å². The number of hydrogen-bond acceptors (Lipinski definition) is 0. The Kier molecular flexibility index (Phi) is 30.4. The van der Waals surface area contributed by atoms with Crippen LogP contribution in [0.1, 0.15) is 168 Å². The molecule has 0 radical (unpaired) electrons. The first kappa shape index (κ1) is 29.2. The van der Waals surface area contributed by atoms with Crippen molar-refractivity contribution in [1.29, 1.82) is 0 Å². The summed E-state index contributed by atoms with van der Waals surface area (Å²) in [6.45, 7) is 4.61. The average molecular weight is 385 g/mol. The van der Waals surface area contributed by atoms with E-state index in [-0.39, 0.29) is 5.48 Å². The Morgan fingerprint density at radius 1 is 0.222 bits per heavy atom. The van der Waals surface area contributed by atoms with Crippen LogP contribution in [-0.2, 0) is 0 Å². The molecule has 0 aliphatic heterocycles. The summed E-state index contributed by atoms with van der Waals surface area (Å²) in [7, 11) is 0. The Balaban J connectivity index is 0. The van der Waals surface area contributed by atoms with Gasteiger partial charge in [0.15, 0.2) is 0 Å². The molecule has 1 heteroatoms. The van der Waals surface area contributed by atoms with E-state index < -0.39 is 0 Å². The summed E-state index contributed by atoms with van der Waals surface area (Å²) >= 11 is 0. The van der Waals surface area contributed by atoms with Gasteiger partial charge in [-0.05, 0) is 0 Å². The SMILES string of the molecule is CCCCCCCCCCCCCCCCCCCCCCCCCC.O. The summed E-state index contributed by atoms with van der Waals surface area (Å²) in [6, 6.07) is 0. The van der Waals surface area contributed by atoms with E-state index in [1.54, 1.807) is 0 Å². The van der Waals surface area contributed by atoms with Gasteiger partial charge in [-0.1, -0.05) is 168 Å². The van der Waals surface area contributed by atoms with E-state index in [1.165, 1.54) is 154 Å². The average Bonchev–Trinajstić information content (AvgIpc) is 2.66. The second-order valence-electron chi connectivity index (χ2n) is 8.78. The van der Waals surface area contributed by atoms with Crippen molar-refractivity contribution in [2.24, 2.45) is 0 Å². The van der Waals surface area contributed by atoms with Crippen LogP contribution in [0.2, 0.25) is 0 Å². The Labute approximate surface area is 173 Å². The molecule has 0 aromatic rings. The fraction of sp³-hybridized carbons (Fsp3) is 1.00. The van der Waals surface area contributed by atoms with Crippen LogP contribution in [0.3, 0.4) is 0 Å². The predicted octanol–water partition coefficient (Wildman–Crippen LogP) is 9.56. The zero-order valence-corrected chi connectivity index (χ0v) is 19.5. The molecule has 1 nitrogen and oxygen atoms in total. The lowest BCUT2D eigenvalue weighted by Crippen LogP contribution is -1.84. The highest BCUT2D eigenvalue weighted by molar-refractivity contribution is 4.51. The highest BCUT2D eigenvalue weighted by atomic mass is 16.0. The second-order valence-corrected chi connectivity index (χ2v) is 8.78. The smallest absolute Gasteiger partial charge is 0.0533 e. The largest absolute Gasteiger partial charge is 0.412 e. The van der Waals surface area contributed by atoms with E-state index in [4.69, 9.17) is 0 Å². The van der Waals surface area contributed by atoms with E-state index in [1.807, 2.05) is 0 Å². The van der Waals surface area contributed by atoms with Crippen LogP contribution < -0.4 is 0 Å². The minimum Gasteiger partial charge on any atom is -0.412 e. The summed E-state index contributed by atoms with van der Waals surface area (Å²) < 4.78 is 0. The summed E-state index contributed by atoms with van der Waals surface area (Å²) in [5, 5.41) is 0. The first-order chi connectivity index (χ1) is 12.9. The molecule has 0 aromatic heterocycles. The minimum absolute atomic E-state index is 0. The van der Waals surface area contributed by atoms with Crippen molar-refractivity contribution in [2.75, 3.05) is 0 Å². The Hall–Kier alpha value is -0.0400. The zero-order valence-electron chi connectivity index (χ0n) is 19.5. The maximum Gasteiger partial charge on any atom is -0.0533 e. The van der Waals surface area contributed by atoms with Crippen LogP contribution in [0.15, 0.2) is 0 Å². The molecule has 0 atom stereocenters. The minimum atomic E-state index is 0. The molecule has 0 heterocycles. The molecule has 0 aromatic carbocycles. The fourth-order valence-electron chi connectivity index (χ4n) is 4.04. The van der Waals surface area contributed by atoms with Crippen molar-refractivity contribution in [3.8, 4) is 0 Å². The first-order valence-electron chi connectivity index (χ1n) is 12.9. The highest BCUT2D eigenvalue weighted by Crippen LogP contribution is 2.15. The van der Waals surface area contributed by atoms with E-state index in [0.29, 0.717) is 0 Å². The Bertz CT molecular complexity index is 202. The molecule has 0 saturated carbocycles. The number of hydrogen-bond donors (Lipinski definition) is 0. The fourth-order valence-corrected chi connectivity index (χ4v) is 4.04. The van der Waals surface area contributed by atoms with Crippen LogP contribution in [0.5, 0.6) is 0 Å². The third-order valence-electron chi connectivity index (χ3n) is 5.96. The van der Waals surface area contributed by atoms with Crippen LogP contribution in [0.4, 0.5) is 0 Å². The topological polar surface area (TPSA) is 31.5 Å². The van der Waals surface area contributed by atoms with Gasteiger partial charge in [-0.3, -0.25) is 0 Å². The molecule has 2 N–H and O–H groups in total. The van der Waals surface area contributed by atoms with Gasteiger partial charge in [-0.2, -0.15) is 0 Å². The van der Waals surface area contributed by atoms with Crippen molar-refractivity contribution in [3.05, 3.63) is 0 Å². The maximum absolute atomic E-state index is 2.30. The lowest BCUT2D eigenvalue weighted by molar-refractivity contribution is 0.518. The summed E-state index contributed by atoms with van der Waals surface area (Å²) in [5.41, 5.74) is 0. The van der Waals surface area contributed by atoms with Crippen molar-refractivity contribution in [1.82, 2.24) is 0 Å². The standard InChI is InChI=1S/C26H54.H2O/c1-3-5-7-9-11-13-15-17-19-21-23-25-26-24-22-20-18-16-14-12-10-8-6-4-2;/h3-26H2,1-2H3;1H2. The van der Waals surface area contributed by atoms with Gasteiger partial charge in [0.2, 0.25) is 0 Å². The van der Waals surface area contributed by atoms with Gasteiger partial charge in [0.25, 0.3) is 0 Å². The summed E-state index contributed by atoms with van der Waals surface area (Å²) in [6.07, 6.45) is 35.4. The molecule has 0 unspecified atom stereocenters. The third kappa shape index (κ3) is 28.3. The molecule has 0 amide bonds. The lowest BCUT2D eigenvalue weighted by Gasteiger charge is -2.04. The number of rotatable bonds is 23. The van der Waals surface area contributed by atoms with Gasteiger partial charge in [0, 0.05) is 0 Å². The quantitative estimate of drug-likeness (QED) is 0.157. The lowest BCUT2D eigenvalue weighted by atomic mass is 10.0. The molecule has 0 bridgehead atoms. The van der Waals surface area contributed by atoms with Gasteiger partial charge in [0.1, 0.15) is 0 Å². The molecule has 0 aliphatic rings. The highest BCUT2D eigenvalue weighted by Gasteiger charge is 1.95. The van der Waals surface area contributed by atoms with Crippen molar-refractivity contribution < 1.29 is 5.48 Å². The van der Waals surface area contributed by atoms with Crippen LogP contribution in [0, 0.1) is 0 Å². The van der Waals surface area contributed by atoms with Crippen LogP contribution >= 0.6 is 0 Å². The maximum atomic E-state index is 2.30. The molecule has 27 heavy (non-hydrogen) atoms. The first-order valence-corrected chi connectivity index (χ1v) is 12.9. The molecule has 166 valence electrons. The monoisotopic (exact) mass is 384 g/mol. The molecule has 0 spiro atoms. The molecule has 0 saturated heterocycles.